The Morgan fingerprint density at radius 2 is 1.24 bits per heavy atom. The zero-order chi connectivity index (χ0) is 20.7. The summed E-state index contributed by atoms with van der Waals surface area (Å²) in [6, 6.07) is 30.9. The molecule has 1 N–H and O–H groups in total. The quantitative estimate of drug-likeness (QED) is 0.452. The Balaban J connectivity index is 1.91. The standard InChI is InChI=1S/C26H30O2Si/c1-26(2,3)29(23-16-9-5-10-17-23,24-18-11-6-12-19-24)28-21-13-20-25(27)22-14-7-4-8-15-22/h4-20,25,27H,21H2,1-3H3/b20-13+/t25-/m0/s1. The van der Waals surface area contributed by atoms with Gasteiger partial charge in [-0.3, -0.25) is 0 Å². The molecule has 0 aliphatic heterocycles. The molecule has 0 fully saturated rings. The molecule has 29 heavy (non-hydrogen) atoms. The topological polar surface area (TPSA) is 29.5 Å². The van der Waals surface area contributed by atoms with E-state index in [1.807, 2.05) is 54.6 Å². The largest absolute Gasteiger partial charge is 0.404 e. The number of hydrogen-bond acceptors (Lipinski definition) is 2. The lowest BCUT2D eigenvalue weighted by Gasteiger charge is -2.42. The zero-order valence-electron chi connectivity index (χ0n) is 17.5. The van der Waals surface area contributed by atoms with Gasteiger partial charge in [0.15, 0.2) is 0 Å². The van der Waals surface area contributed by atoms with Crippen molar-refractivity contribution in [3.8, 4) is 0 Å². The first-order valence-corrected chi connectivity index (χ1v) is 12.0. The van der Waals surface area contributed by atoms with E-state index in [2.05, 4.69) is 69.3 Å². The van der Waals surface area contributed by atoms with Crippen LogP contribution in [0, 0.1) is 0 Å². The van der Waals surface area contributed by atoms with Gasteiger partial charge in [0.2, 0.25) is 0 Å². The molecule has 0 aliphatic carbocycles. The molecule has 0 unspecified atom stereocenters. The third-order valence-electron chi connectivity index (χ3n) is 5.27. The van der Waals surface area contributed by atoms with Gasteiger partial charge in [-0.1, -0.05) is 124 Å². The number of aliphatic hydroxyl groups excluding tert-OH is 1. The van der Waals surface area contributed by atoms with Crippen LogP contribution in [-0.2, 0) is 4.43 Å². The molecule has 3 rings (SSSR count). The summed E-state index contributed by atoms with van der Waals surface area (Å²) in [6.45, 7) is 7.25. The fourth-order valence-corrected chi connectivity index (χ4v) is 8.38. The van der Waals surface area contributed by atoms with Gasteiger partial charge < -0.3 is 9.53 Å². The van der Waals surface area contributed by atoms with E-state index >= 15 is 0 Å². The maximum atomic E-state index is 10.4. The Morgan fingerprint density at radius 1 is 0.793 bits per heavy atom. The normalized spacial score (nSPS) is 13.5. The summed E-state index contributed by atoms with van der Waals surface area (Å²) >= 11 is 0. The molecule has 3 heteroatoms. The van der Waals surface area contributed by atoms with Gasteiger partial charge in [0.1, 0.15) is 0 Å². The molecule has 0 heterocycles. The summed E-state index contributed by atoms with van der Waals surface area (Å²) in [6.07, 6.45) is 3.13. The number of hydrogen-bond donors (Lipinski definition) is 1. The lowest BCUT2D eigenvalue weighted by Crippen LogP contribution is -2.66. The molecule has 0 saturated carbocycles. The van der Waals surface area contributed by atoms with E-state index in [1.54, 1.807) is 0 Å². The second-order valence-corrected chi connectivity index (χ2v) is 12.6. The molecule has 1 atom stereocenters. The van der Waals surface area contributed by atoms with Crippen molar-refractivity contribution in [3.63, 3.8) is 0 Å². The van der Waals surface area contributed by atoms with Gasteiger partial charge >= 0.3 is 0 Å². The average Bonchev–Trinajstić information content (AvgIpc) is 2.74. The molecular weight excluding hydrogens is 372 g/mol. The van der Waals surface area contributed by atoms with Gasteiger partial charge in [-0.25, -0.2) is 0 Å². The summed E-state index contributed by atoms with van der Waals surface area (Å²) in [5.41, 5.74) is 0.884. The highest BCUT2D eigenvalue weighted by molar-refractivity contribution is 6.99. The summed E-state index contributed by atoms with van der Waals surface area (Å²) in [5.74, 6) is 0. The molecule has 2 nitrogen and oxygen atoms in total. The zero-order valence-corrected chi connectivity index (χ0v) is 18.5. The van der Waals surface area contributed by atoms with E-state index in [9.17, 15) is 5.11 Å². The van der Waals surface area contributed by atoms with Gasteiger partial charge in [0, 0.05) is 0 Å². The van der Waals surface area contributed by atoms with E-state index in [1.165, 1.54) is 10.4 Å². The van der Waals surface area contributed by atoms with Crippen molar-refractivity contribution in [1.82, 2.24) is 0 Å². The van der Waals surface area contributed by atoms with Crippen molar-refractivity contribution >= 4 is 18.7 Å². The van der Waals surface area contributed by atoms with E-state index in [4.69, 9.17) is 4.43 Å². The predicted octanol–water partition coefficient (Wildman–Crippen LogP) is 4.85. The molecular formula is C26H30O2Si. The summed E-state index contributed by atoms with van der Waals surface area (Å²) in [7, 11) is -2.53. The number of benzene rings is 3. The van der Waals surface area contributed by atoms with Gasteiger partial charge in [-0.15, -0.1) is 0 Å². The summed E-state index contributed by atoms with van der Waals surface area (Å²) in [4.78, 5) is 0. The van der Waals surface area contributed by atoms with E-state index in [0.717, 1.165) is 5.56 Å². The first-order valence-electron chi connectivity index (χ1n) is 10.1. The Hall–Kier alpha value is -2.46. The van der Waals surface area contributed by atoms with Crippen LogP contribution in [0.1, 0.15) is 32.4 Å². The van der Waals surface area contributed by atoms with Crippen molar-refractivity contribution < 1.29 is 9.53 Å². The highest BCUT2D eigenvalue weighted by Gasteiger charge is 2.49. The summed E-state index contributed by atoms with van der Waals surface area (Å²) < 4.78 is 6.79. The van der Waals surface area contributed by atoms with Crippen LogP contribution in [0.4, 0.5) is 0 Å². The lowest BCUT2D eigenvalue weighted by molar-refractivity contribution is 0.227. The molecule has 0 saturated heterocycles. The second-order valence-electron chi connectivity index (χ2n) is 8.26. The fourth-order valence-electron chi connectivity index (χ4n) is 3.88. The Kier molecular flexibility index (Phi) is 6.86. The minimum atomic E-state index is -2.53. The molecule has 3 aromatic rings. The van der Waals surface area contributed by atoms with Crippen molar-refractivity contribution in [2.75, 3.05) is 6.61 Å². The molecule has 0 spiro atoms. The molecule has 3 aromatic carbocycles. The van der Waals surface area contributed by atoms with Crippen molar-refractivity contribution in [3.05, 3.63) is 109 Å². The third kappa shape index (κ3) is 4.76. The van der Waals surface area contributed by atoms with E-state index < -0.39 is 14.4 Å². The van der Waals surface area contributed by atoms with Crippen LogP contribution in [0.3, 0.4) is 0 Å². The van der Waals surface area contributed by atoms with Gasteiger partial charge in [-0.2, -0.15) is 0 Å². The monoisotopic (exact) mass is 402 g/mol. The Morgan fingerprint density at radius 3 is 1.69 bits per heavy atom. The molecule has 0 amide bonds. The maximum absolute atomic E-state index is 10.4. The number of rotatable bonds is 7. The first-order chi connectivity index (χ1) is 13.9. The third-order valence-corrected chi connectivity index (χ3v) is 10.3. The van der Waals surface area contributed by atoms with Gasteiger partial charge in [-0.05, 0) is 21.0 Å². The first kappa shape index (κ1) is 21.3. The van der Waals surface area contributed by atoms with Crippen LogP contribution in [-0.4, -0.2) is 20.0 Å². The molecule has 0 bridgehead atoms. The predicted molar refractivity (Wildman–Crippen MR) is 124 cm³/mol. The number of aliphatic hydroxyl groups is 1. The van der Waals surface area contributed by atoms with Crippen molar-refractivity contribution in [1.29, 1.82) is 0 Å². The minimum absolute atomic E-state index is 0.0540. The smallest absolute Gasteiger partial charge is 0.261 e. The van der Waals surface area contributed by atoms with E-state index in [0.29, 0.717) is 6.61 Å². The van der Waals surface area contributed by atoms with Crippen LogP contribution >= 0.6 is 0 Å². The Bertz CT molecular complexity index is 860. The minimum Gasteiger partial charge on any atom is -0.404 e. The van der Waals surface area contributed by atoms with Crippen LogP contribution in [0.25, 0.3) is 0 Å². The Labute approximate surface area is 175 Å². The van der Waals surface area contributed by atoms with Gasteiger partial charge in [0.25, 0.3) is 8.32 Å². The van der Waals surface area contributed by atoms with Crippen LogP contribution in [0.5, 0.6) is 0 Å². The molecule has 0 radical (unpaired) electrons. The average molecular weight is 403 g/mol. The highest BCUT2D eigenvalue weighted by Crippen LogP contribution is 2.36. The van der Waals surface area contributed by atoms with Gasteiger partial charge in [0.05, 0.1) is 12.7 Å². The van der Waals surface area contributed by atoms with Crippen LogP contribution in [0.15, 0.2) is 103 Å². The SMILES string of the molecule is CC(C)(C)[Si](OC/C=C/[C@H](O)c1ccccc1)(c1ccccc1)c1ccccc1. The van der Waals surface area contributed by atoms with Crippen LogP contribution in [0.2, 0.25) is 5.04 Å². The second kappa shape index (κ2) is 9.36. The molecule has 0 aliphatic rings. The highest BCUT2D eigenvalue weighted by atomic mass is 28.4. The fraction of sp³-hybridized carbons (Fsp3) is 0.231. The van der Waals surface area contributed by atoms with E-state index in [-0.39, 0.29) is 5.04 Å². The summed E-state index contributed by atoms with van der Waals surface area (Å²) in [5, 5.41) is 12.9. The van der Waals surface area contributed by atoms with Crippen molar-refractivity contribution in [2.45, 2.75) is 31.9 Å². The lowest BCUT2D eigenvalue weighted by atomic mass is 10.1. The van der Waals surface area contributed by atoms with Crippen molar-refractivity contribution in [2.24, 2.45) is 0 Å². The molecule has 150 valence electrons. The maximum Gasteiger partial charge on any atom is 0.261 e. The van der Waals surface area contributed by atoms with Crippen LogP contribution < -0.4 is 10.4 Å². The molecule has 0 aromatic heterocycles.